The molecule has 0 aromatic heterocycles. The van der Waals surface area contributed by atoms with E-state index >= 15 is 0 Å². The van der Waals surface area contributed by atoms with Gasteiger partial charge >= 0.3 is 0 Å². The van der Waals surface area contributed by atoms with Crippen molar-refractivity contribution < 1.29 is 4.79 Å². The van der Waals surface area contributed by atoms with Crippen LogP contribution in [-0.2, 0) is 4.79 Å². The molecule has 72 valence electrons. The van der Waals surface area contributed by atoms with Crippen molar-refractivity contribution in [3.63, 3.8) is 0 Å². The standard InChI is InChI=1S/C9H15N3O/c10-5-7(9(12)13)6-3-1-2-4-8(6)11/h5H,1-4,10-11H2,(H2,12,13)/b7-5+. The fraction of sp³-hybridized carbons (Fsp3) is 0.444. The van der Waals surface area contributed by atoms with E-state index in [2.05, 4.69) is 0 Å². The SMILES string of the molecule is N/C=C(/C(N)=O)C1=C(N)CCCC1. The minimum absolute atomic E-state index is 0.372. The Morgan fingerprint density at radius 1 is 1.31 bits per heavy atom. The lowest BCUT2D eigenvalue weighted by molar-refractivity contribution is -0.114. The molecule has 0 aliphatic heterocycles. The van der Waals surface area contributed by atoms with E-state index in [4.69, 9.17) is 17.2 Å². The zero-order valence-electron chi connectivity index (χ0n) is 7.55. The summed E-state index contributed by atoms with van der Waals surface area (Å²) >= 11 is 0. The molecule has 0 aromatic rings. The number of carbonyl (C=O) groups excluding carboxylic acids is 1. The van der Waals surface area contributed by atoms with Crippen molar-refractivity contribution in [3.05, 3.63) is 23.0 Å². The Hall–Kier alpha value is -1.45. The quantitative estimate of drug-likeness (QED) is 0.527. The van der Waals surface area contributed by atoms with E-state index in [0.717, 1.165) is 37.0 Å². The maximum absolute atomic E-state index is 11.0. The van der Waals surface area contributed by atoms with Crippen molar-refractivity contribution in [3.8, 4) is 0 Å². The monoisotopic (exact) mass is 181 g/mol. The van der Waals surface area contributed by atoms with Gasteiger partial charge in [0.1, 0.15) is 0 Å². The van der Waals surface area contributed by atoms with Gasteiger partial charge in [-0.1, -0.05) is 0 Å². The minimum atomic E-state index is -0.498. The molecule has 1 aliphatic carbocycles. The van der Waals surface area contributed by atoms with Gasteiger partial charge in [-0.2, -0.15) is 0 Å². The minimum Gasteiger partial charge on any atom is -0.404 e. The van der Waals surface area contributed by atoms with Gasteiger partial charge in [0.05, 0.1) is 5.57 Å². The Kier molecular flexibility index (Phi) is 2.95. The number of amides is 1. The highest BCUT2D eigenvalue weighted by atomic mass is 16.1. The molecule has 0 aromatic carbocycles. The molecule has 1 rings (SSSR count). The lowest BCUT2D eigenvalue weighted by Crippen LogP contribution is -2.20. The first kappa shape index (κ1) is 9.64. The fourth-order valence-electron chi connectivity index (χ4n) is 1.57. The van der Waals surface area contributed by atoms with Crippen molar-refractivity contribution >= 4 is 5.91 Å². The van der Waals surface area contributed by atoms with Crippen LogP contribution in [0.2, 0.25) is 0 Å². The van der Waals surface area contributed by atoms with Gasteiger partial charge in [-0.25, -0.2) is 0 Å². The molecule has 0 spiro atoms. The van der Waals surface area contributed by atoms with Crippen LogP contribution in [-0.4, -0.2) is 5.91 Å². The Balaban J connectivity index is 2.97. The van der Waals surface area contributed by atoms with Crippen LogP contribution in [0, 0.1) is 0 Å². The van der Waals surface area contributed by atoms with Crippen LogP contribution >= 0.6 is 0 Å². The second-order valence-corrected chi connectivity index (χ2v) is 3.16. The summed E-state index contributed by atoms with van der Waals surface area (Å²) in [6, 6.07) is 0. The zero-order valence-corrected chi connectivity index (χ0v) is 7.55. The maximum atomic E-state index is 11.0. The molecule has 0 saturated carbocycles. The predicted molar refractivity (Wildman–Crippen MR) is 51.1 cm³/mol. The highest BCUT2D eigenvalue weighted by Crippen LogP contribution is 2.26. The number of nitrogens with two attached hydrogens (primary N) is 3. The molecule has 0 radical (unpaired) electrons. The Morgan fingerprint density at radius 2 is 1.92 bits per heavy atom. The highest BCUT2D eigenvalue weighted by Gasteiger charge is 2.17. The molecule has 0 heterocycles. The Morgan fingerprint density at radius 3 is 2.38 bits per heavy atom. The van der Waals surface area contributed by atoms with E-state index in [0.29, 0.717) is 5.57 Å². The first-order valence-corrected chi connectivity index (χ1v) is 4.36. The third kappa shape index (κ3) is 2.02. The van der Waals surface area contributed by atoms with E-state index in [-0.39, 0.29) is 0 Å². The average Bonchev–Trinajstić information content (AvgIpc) is 2.09. The molecule has 0 atom stereocenters. The molecule has 4 heteroatoms. The highest BCUT2D eigenvalue weighted by molar-refractivity contribution is 5.96. The van der Waals surface area contributed by atoms with Crippen LogP contribution < -0.4 is 17.2 Å². The second-order valence-electron chi connectivity index (χ2n) is 3.16. The van der Waals surface area contributed by atoms with Crippen LogP contribution in [0.15, 0.2) is 23.0 Å². The Bertz CT molecular complexity index is 279. The molecule has 1 aliphatic rings. The van der Waals surface area contributed by atoms with Gasteiger partial charge < -0.3 is 17.2 Å². The summed E-state index contributed by atoms with van der Waals surface area (Å²) in [6.07, 6.45) is 5.00. The smallest absolute Gasteiger partial charge is 0.250 e. The second kappa shape index (κ2) is 3.98. The number of carbonyl (C=O) groups is 1. The third-order valence-corrected chi connectivity index (χ3v) is 2.27. The molecule has 0 unspecified atom stereocenters. The summed E-state index contributed by atoms with van der Waals surface area (Å²) in [7, 11) is 0. The first-order valence-electron chi connectivity index (χ1n) is 4.36. The molecular formula is C9H15N3O. The van der Waals surface area contributed by atoms with Crippen molar-refractivity contribution in [2.24, 2.45) is 17.2 Å². The van der Waals surface area contributed by atoms with Gasteiger partial charge in [0.2, 0.25) is 0 Å². The molecule has 6 N–H and O–H groups in total. The van der Waals surface area contributed by atoms with Crippen molar-refractivity contribution in [1.29, 1.82) is 0 Å². The predicted octanol–water partition coefficient (Wildman–Crippen LogP) is 0.101. The number of allylic oxidation sites excluding steroid dienone is 1. The van der Waals surface area contributed by atoms with E-state index in [1.165, 1.54) is 6.20 Å². The number of hydrogen-bond acceptors (Lipinski definition) is 3. The molecule has 0 fully saturated rings. The van der Waals surface area contributed by atoms with Crippen LogP contribution in [0.3, 0.4) is 0 Å². The number of rotatable bonds is 2. The van der Waals surface area contributed by atoms with Gasteiger partial charge in [-0.3, -0.25) is 4.79 Å². The molecule has 4 nitrogen and oxygen atoms in total. The van der Waals surface area contributed by atoms with E-state index in [9.17, 15) is 4.79 Å². The summed E-state index contributed by atoms with van der Waals surface area (Å²) in [5.74, 6) is -0.498. The van der Waals surface area contributed by atoms with Gasteiger partial charge in [0.25, 0.3) is 5.91 Å². The van der Waals surface area contributed by atoms with E-state index in [1.807, 2.05) is 0 Å². The van der Waals surface area contributed by atoms with Crippen molar-refractivity contribution in [2.75, 3.05) is 0 Å². The van der Waals surface area contributed by atoms with Crippen LogP contribution in [0.5, 0.6) is 0 Å². The molecule has 13 heavy (non-hydrogen) atoms. The maximum Gasteiger partial charge on any atom is 0.250 e. The molecule has 1 amide bonds. The Labute approximate surface area is 77.5 Å². The summed E-state index contributed by atoms with van der Waals surface area (Å²) in [6.45, 7) is 0. The lowest BCUT2D eigenvalue weighted by Gasteiger charge is -2.17. The van der Waals surface area contributed by atoms with Crippen LogP contribution in [0.25, 0.3) is 0 Å². The van der Waals surface area contributed by atoms with Gasteiger partial charge in [-0.05, 0) is 31.3 Å². The van der Waals surface area contributed by atoms with Crippen LogP contribution in [0.4, 0.5) is 0 Å². The van der Waals surface area contributed by atoms with Gasteiger partial charge in [-0.15, -0.1) is 0 Å². The van der Waals surface area contributed by atoms with E-state index in [1.54, 1.807) is 0 Å². The van der Waals surface area contributed by atoms with Crippen molar-refractivity contribution in [1.82, 2.24) is 0 Å². The van der Waals surface area contributed by atoms with Gasteiger partial charge in [0, 0.05) is 11.9 Å². The number of hydrogen-bond donors (Lipinski definition) is 3. The summed E-state index contributed by atoms with van der Waals surface area (Å²) in [5.41, 5.74) is 18.2. The van der Waals surface area contributed by atoms with Gasteiger partial charge in [0.15, 0.2) is 0 Å². The van der Waals surface area contributed by atoms with Crippen LogP contribution in [0.1, 0.15) is 25.7 Å². The normalized spacial score (nSPS) is 18.9. The number of primary amides is 1. The zero-order chi connectivity index (χ0) is 9.84. The molecule has 0 bridgehead atoms. The van der Waals surface area contributed by atoms with Crippen molar-refractivity contribution in [2.45, 2.75) is 25.7 Å². The summed E-state index contributed by atoms with van der Waals surface area (Å²) in [5, 5.41) is 0. The topological polar surface area (TPSA) is 95.1 Å². The molecule has 0 saturated heterocycles. The third-order valence-electron chi connectivity index (χ3n) is 2.27. The first-order chi connectivity index (χ1) is 6.16. The van der Waals surface area contributed by atoms with E-state index < -0.39 is 5.91 Å². The average molecular weight is 181 g/mol. The largest absolute Gasteiger partial charge is 0.404 e. The summed E-state index contributed by atoms with van der Waals surface area (Å²) < 4.78 is 0. The molecular weight excluding hydrogens is 166 g/mol. The fourth-order valence-corrected chi connectivity index (χ4v) is 1.57. The lowest BCUT2D eigenvalue weighted by atomic mass is 9.91. The summed E-state index contributed by atoms with van der Waals surface area (Å²) in [4.78, 5) is 11.0.